The van der Waals surface area contributed by atoms with Crippen molar-refractivity contribution in [3.63, 3.8) is 0 Å². The van der Waals surface area contributed by atoms with Crippen LogP contribution in [0.4, 0.5) is 0 Å². The Morgan fingerprint density at radius 3 is 2.32 bits per heavy atom. The first-order valence-electron chi connectivity index (χ1n) is 14.2. The molecule has 4 aromatic rings. The van der Waals surface area contributed by atoms with Gasteiger partial charge in [0.1, 0.15) is 17.4 Å². The molecule has 0 atom stereocenters. The molecule has 0 saturated carbocycles. The van der Waals surface area contributed by atoms with E-state index in [1.807, 2.05) is 85.9 Å². The molecular weight excluding hydrogens is 556 g/mol. The average molecular weight is 589 g/mol. The smallest absolute Gasteiger partial charge is 0.271 e. The van der Waals surface area contributed by atoms with E-state index in [1.165, 1.54) is 0 Å². The maximum absolute atomic E-state index is 13.9. The molecule has 0 radical (unpaired) electrons. The van der Waals surface area contributed by atoms with Crippen molar-refractivity contribution in [2.24, 2.45) is 0 Å². The molecule has 3 aromatic carbocycles. The van der Waals surface area contributed by atoms with Crippen LogP contribution in [0.15, 0.2) is 95.7 Å². The predicted octanol–water partition coefficient (Wildman–Crippen LogP) is 5.79. The molecule has 1 aliphatic rings. The van der Waals surface area contributed by atoms with E-state index in [4.69, 9.17) is 19.3 Å². The standard InChI is InChI=1S/C35H32N4O5/c1-5-44-28-14-12-25(13-15-28)33-26(22-39(37-33)27-9-7-6-8-10-27)20-29-23(2)30(21-36)35(41)38(34(29)40)18-17-24-11-16-31(42-3)32(19-24)43-4/h6-16,19-20,22H,5,17-18H2,1-4H3/b29-20+. The molecule has 9 heteroatoms. The van der Waals surface area contributed by atoms with Crippen molar-refractivity contribution in [2.45, 2.75) is 20.3 Å². The highest BCUT2D eigenvalue weighted by Crippen LogP contribution is 2.33. The predicted molar refractivity (Wildman–Crippen MR) is 166 cm³/mol. The minimum absolute atomic E-state index is 0.0683. The molecule has 0 aliphatic carbocycles. The summed E-state index contributed by atoms with van der Waals surface area (Å²) in [6.45, 7) is 4.19. The third-order valence-electron chi connectivity index (χ3n) is 7.40. The van der Waals surface area contributed by atoms with Crippen LogP contribution >= 0.6 is 0 Å². The van der Waals surface area contributed by atoms with Crippen molar-refractivity contribution in [3.8, 4) is 40.3 Å². The molecule has 9 nitrogen and oxygen atoms in total. The van der Waals surface area contributed by atoms with Gasteiger partial charge in [-0.15, -0.1) is 0 Å². The van der Waals surface area contributed by atoms with Crippen molar-refractivity contribution in [3.05, 3.63) is 107 Å². The molecule has 2 amide bonds. The third-order valence-corrected chi connectivity index (χ3v) is 7.40. The van der Waals surface area contributed by atoms with Crippen LogP contribution in [0.3, 0.4) is 0 Å². The summed E-state index contributed by atoms with van der Waals surface area (Å²) < 4.78 is 18.1. The Hall–Kier alpha value is -5.62. The lowest BCUT2D eigenvalue weighted by molar-refractivity contribution is -0.140. The van der Waals surface area contributed by atoms with Crippen LogP contribution in [-0.4, -0.2) is 53.9 Å². The highest BCUT2D eigenvalue weighted by molar-refractivity contribution is 6.19. The number of hydrogen-bond donors (Lipinski definition) is 0. The molecule has 0 bridgehead atoms. The van der Waals surface area contributed by atoms with Gasteiger partial charge >= 0.3 is 0 Å². The third kappa shape index (κ3) is 5.96. The monoisotopic (exact) mass is 588 g/mol. The summed E-state index contributed by atoms with van der Waals surface area (Å²) in [6, 6.07) is 24.7. The number of carbonyl (C=O) groups excluding carboxylic acids is 2. The summed E-state index contributed by atoms with van der Waals surface area (Å²) in [5, 5.41) is 14.8. The fourth-order valence-electron chi connectivity index (χ4n) is 5.07. The van der Waals surface area contributed by atoms with Crippen LogP contribution in [0.25, 0.3) is 23.0 Å². The Kier molecular flexibility index (Phi) is 8.91. The van der Waals surface area contributed by atoms with Gasteiger partial charge in [-0.25, -0.2) is 4.68 Å². The van der Waals surface area contributed by atoms with E-state index < -0.39 is 11.8 Å². The first-order valence-corrected chi connectivity index (χ1v) is 14.2. The Labute approximate surface area is 256 Å². The summed E-state index contributed by atoms with van der Waals surface area (Å²) in [5.74, 6) is 0.780. The second-order valence-corrected chi connectivity index (χ2v) is 10.0. The van der Waals surface area contributed by atoms with Gasteiger partial charge in [0.25, 0.3) is 11.8 Å². The van der Waals surface area contributed by atoms with Crippen molar-refractivity contribution in [2.75, 3.05) is 27.4 Å². The largest absolute Gasteiger partial charge is 0.494 e. The van der Waals surface area contributed by atoms with Crippen LogP contribution in [0.5, 0.6) is 17.2 Å². The number of nitrogens with zero attached hydrogens (tertiary/aromatic N) is 4. The molecule has 1 aliphatic heterocycles. The van der Waals surface area contributed by atoms with Crippen LogP contribution in [-0.2, 0) is 16.0 Å². The molecule has 2 heterocycles. The van der Waals surface area contributed by atoms with Crippen LogP contribution in [0, 0.1) is 11.3 Å². The van der Waals surface area contributed by atoms with Gasteiger partial charge in [-0.05, 0) is 86.0 Å². The maximum Gasteiger partial charge on any atom is 0.271 e. The number of para-hydroxylation sites is 1. The number of benzene rings is 3. The minimum Gasteiger partial charge on any atom is -0.494 e. The lowest BCUT2D eigenvalue weighted by Gasteiger charge is -2.27. The quantitative estimate of drug-likeness (QED) is 0.171. The van der Waals surface area contributed by atoms with Crippen LogP contribution in [0.1, 0.15) is 25.0 Å². The van der Waals surface area contributed by atoms with E-state index in [2.05, 4.69) is 0 Å². The summed E-state index contributed by atoms with van der Waals surface area (Å²) in [5.41, 5.74) is 4.33. The van der Waals surface area contributed by atoms with E-state index in [1.54, 1.807) is 38.0 Å². The number of amides is 2. The van der Waals surface area contributed by atoms with Gasteiger partial charge in [-0.2, -0.15) is 10.4 Å². The Bertz CT molecular complexity index is 1800. The van der Waals surface area contributed by atoms with Crippen molar-refractivity contribution in [1.82, 2.24) is 14.7 Å². The summed E-state index contributed by atoms with van der Waals surface area (Å²) in [7, 11) is 3.10. The Morgan fingerprint density at radius 1 is 0.932 bits per heavy atom. The van der Waals surface area contributed by atoms with Gasteiger partial charge in [0.05, 0.1) is 32.2 Å². The number of rotatable bonds is 10. The molecule has 0 spiro atoms. The van der Waals surface area contributed by atoms with Crippen molar-refractivity contribution in [1.29, 1.82) is 5.26 Å². The zero-order valence-electron chi connectivity index (χ0n) is 25.0. The molecule has 5 rings (SSSR count). The van der Waals surface area contributed by atoms with E-state index in [0.29, 0.717) is 41.4 Å². The van der Waals surface area contributed by atoms with Crippen LogP contribution in [0.2, 0.25) is 0 Å². The number of hydrogen-bond acceptors (Lipinski definition) is 7. The molecule has 0 unspecified atom stereocenters. The zero-order chi connectivity index (χ0) is 31.2. The topological polar surface area (TPSA) is 107 Å². The maximum atomic E-state index is 13.9. The first-order chi connectivity index (χ1) is 21.4. The number of nitriles is 1. The highest BCUT2D eigenvalue weighted by Gasteiger charge is 2.35. The van der Waals surface area contributed by atoms with Crippen LogP contribution < -0.4 is 14.2 Å². The normalized spacial score (nSPS) is 14.2. The fourth-order valence-corrected chi connectivity index (χ4v) is 5.07. The summed E-state index contributed by atoms with van der Waals surface area (Å²) in [6.07, 6.45) is 3.92. The van der Waals surface area contributed by atoms with Gasteiger partial charge < -0.3 is 14.2 Å². The Balaban J connectivity index is 1.55. The number of aromatic nitrogens is 2. The lowest BCUT2D eigenvalue weighted by Crippen LogP contribution is -2.43. The van der Waals surface area contributed by atoms with Gasteiger partial charge in [-0.1, -0.05) is 24.3 Å². The highest BCUT2D eigenvalue weighted by atomic mass is 16.5. The Morgan fingerprint density at radius 2 is 1.66 bits per heavy atom. The molecule has 1 aromatic heterocycles. The zero-order valence-corrected chi connectivity index (χ0v) is 25.0. The van der Waals surface area contributed by atoms with Gasteiger partial charge in [0, 0.05) is 29.4 Å². The number of methoxy groups -OCH3 is 2. The fraction of sp³-hybridized carbons (Fsp3) is 0.200. The van der Waals surface area contributed by atoms with Gasteiger partial charge in [0.2, 0.25) is 0 Å². The molecule has 222 valence electrons. The van der Waals surface area contributed by atoms with E-state index in [0.717, 1.165) is 27.5 Å². The van der Waals surface area contributed by atoms with Crippen molar-refractivity contribution < 1.29 is 23.8 Å². The molecular formula is C35H32N4O5. The van der Waals surface area contributed by atoms with Gasteiger partial charge in [-0.3, -0.25) is 14.5 Å². The second kappa shape index (κ2) is 13.1. The summed E-state index contributed by atoms with van der Waals surface area (Å²) >= 11 is 0. The SMILES string of the molecule is CCOc1ccc(-c2nn(-c3ccccc3)cc2/C=C2/C(=O)N(CCc3ccc(OC)c(OC)c3)C(=O)C(C#N)=C2C)cc1. The van der Waals surface area contributed by atoms with Gasteiger partial charge in [0.15, 0.2) is 11.5 Å². The molecule has 0 saturated heterocycles. The minimum atomic E-state index is -0.612. The average Bonchev–Trinajstić information content (AvgIpc) is 3.48. The van der Waals surface area contributed by atoms with E-state index in [-0.39, 0.29) is 17.7 Å². The number of ether oxygens (including phenoxy) is 3. The molecule has 44 heavy (non-hydrogen) atoms. The number of carbonyl (C=O) groups is 2. The van der Waals surface area contributed by atoms with Crippen molar-refractivity contribution >= 4 is 17.9 Å². The van der Waals surface area contributed by atoms with E-state index >= 15 is 0 Å². The second-order valence-electron chi connectivity index (χ2n) is 10.0. The lowest BCUT2D eigenvalue weighted by atomic mass is 9.93. The first kappa shape index (κ1) is 29.9. The molecule has 0 N–H and O–H groups in total. The summed E-state index contributed by atoms with van der Waals surface area (Å²) in [4.78, 5) is 28.3. The number of imide groups is 1. The van der Waals surface area contributed by atoms with E-state index in [9.17, 15) is 14.9 Å². The molecule has 0 fully saturated rings.